The molecule has 0 fully saturated rings. The first-order valence-corrected chi connectivity index (χ1v) is 6.09. The SMILES string of the molecule is CCc1cn2c(n1)NCCC2c1ccnn1C. The van der Waals surface area contributed by atoms with Gasteiger partial charge in [-0.05, 0) is 18.9 Å². The minimum atomic E-state index is 0.353. The standard InChI is InChI=1S/C12H17N5/c1-3-9-8-17-11(4-6-13-12(17)15-9)10-5-7-14-16(10)2/h5,7-8,11H,3-4,6H2,1-2H3,(H,13,15). The van der Waals surface area contributed by atoms with E-state index in [0.29, 0.717) is 6.04 Å². The molecule has 0 saturated carbocycles. The molecule has 1 aliphatic rings. The van der Waals surface area contributed by atoms with E-state index in [1.54, 1.807) is 0 Å². The molecule has 2 aromatic heterocycles. The first kappa shape index (κ1) is 10.4. The van der Waals surface area contributed by atoms with E-state index in [1.807, 2.05) is 17.9 Å². The molecule has 17 heavy (non-hydrogen) atoms. The predicted molar refractivity (Wildman–Crippen MR) is 66.1 cm³/mol. The van der Waals surface area contributed by atoms with E-state index in [2.05, 4.69) is 39.2 Å². The number of aromatic nitrogens is 4. The number of imidazole rings is 1. The van der Waals surface area contributed by atoms with E-state index in [1.165, 1.54) is 5.69 Å². The molecule has 0 spiro atoms. The van der Waals surface area contributed by atoms with E-state index in [0.717, 1.165) is 31.0 Å². The lowest BCUT2D eigenvalue weighted by molar-refractivity contribution is 0.492. The van der Waals surface area contributed by atoms with Crippen molar-refractivity contribution < 1.29 is 0 Å². The summed E-state index contributed by atoms with van der Waals surface area (Å²) in [6.45, 7) is 3.10. The average molecular weight is 231 g/mol. The minimum Gasteiger partial charge on any atom is -0.356 e. The van der Waals surface area contributed by atoms with Crippen molar-refractivity contribution in [1.82, 2.24) is 19.3 Å². The quantitative estimate of drug-likeness (QED) is 0.853. The summed E-state index contributed by atoms with van der Waals surface area (Å²) in [7, 11) is 1.99. The molecule has 0 radical (unpaired) electrons. The topological polar surface area (TPSA) is 47.7 Å². The first-order chi connectivity index (χ1) is 8.29. The molecule has 0 saturated heterocycles. The third-order valence-electron chi connectivity index (χ3n) is 3.38. The molecule has 5 nitrogen and oxygen atoms in total. The van der Waals surface area contributed by atoms with Crippen LogP contribution in [0.15, 0.2) is 18.5 Å². The smallest absolute Gasteiger partial charge is 0.203 e. The number of hydrogen-bond donors (Lipinski definition) is 1. The fourth-order valence-corrected chi connectivity index (χ4v) is 2.44. The van der Waals surface area contributed by atoms with Gasteiger partial charge in [0.25, 0.3) is 0 Å². The normalized spacial score (nSPS) is 18.8. The molecule has 0 amide bonds. The first-order valence-electron chi connectivity index (χ1n) is 6.09. The lowest BCUT2D eigenvalue weighted by Gasteiger charge is -2.26. The highest BCUT2D eigenvalue weighted by Crippen LogP contribution is 2.29. The van der Waals surface area contributed by atoms with Crippen molar-refractivity contribution in [1.29, 1.82) is 0 Å². The van der Waals surface area contributed by atoms with Crippen molar-refractivity contribution in [2.45, 2.75) is 25.8 Å². The zero-order valence-electron chi connectivity index (χ0n) is 10.2. The van der Waals surface area contributed by atoms with E-state index >= 15 is 0 Å². The second kappa shape index (κ2) is 3.91. The van der Waals surface area contributed by atoms with Crippen LogP contribution in [-0.4, -0.2) is 25.9 Å². The van der Waals surface area contributed by atoms with Crippen LogP contribution >= 0.6 is 0 Å². The summed E-state index contributed by atoms with van der Waals surface area (Å²) in [5.74, 6) is 0.985. The van der Waals surface area contributed by atoms with E-state index in [4.69, 9.17) is 0 Å². The fourth-order valence-electron chi connectivity index (χ4n) is 2.44. The maximum Gasteiger partial charge on any atom is 0.203 e. The maximum atomic E-state index is 4.58. The Bertz CT molecular complexity index is 525. The molecule has 90 valence electrons. The number of aryl methyl sites for hydroxylation is 2. The van der Waals surface area contributed by atoms with Gasteiger partial charge in [-0.15, -0.1) is 0 Å². The lowest BCUT2D eigenvalue weighted by atomic mass is 10.1. The summed E-state index contributed by atoms with van der Waals surface area (Å²) >= 11 is 0. The molecule has 2 aromatic rings. The van der Waals surface area contributed by atoms with Crippen molar-refractivity contribution >= 4 is 5.95 Å². The number of fused-ring (bicyclic) bond motifs is 1. The Labute approximate surface area is 100 Å². The van der Waals surface area contributed by atoms with Crippen LogP contribution in [0.5, 0.6) is 0 Å². The molecule has 0 aliphatic carbocycles. The van der Waals surface area contributed by atoms with Gasteiger partial charge >= 0.3 is 0 Å². The van der Waals surface area contributed by atoms with Crippen molar-refractivity contribution in [2.24, 2.45) is 7.05 Å². The van der Waals surface area contributed by atoms with Gasteiger partial charge < -0.3 is 9.88 Å². The van der Waals surface area contributed by atoms with Crippen molar-refractivity contribution in [3.8, 4) is 0 Å². The monoisotopic (exact) mass is 231 g/mol. The van der Waals surface area contributed by atoms with Gasteiger partial charge in [-0.1, -0.05) is 6.92 Å². The highest BCUT2D eigenvalue weighted by Gasteiger charge is 2.24. The van der Waals surface area contributed by atoms with Gasteiger partial charge in [0.05, 0.1) is 17.4 Å². The van der Waals surface area contributed by atoms with Crippen LogP contribution in [0.25, 0.3) is 0 Å². The largest absolute Gasteiger partial charge is 0.356 e. The molecular formula is C12H17N5. The maximum absolute atomic E-state index is 4.58. The van der Waals surface area contributed by atoms with Gasteiger partial charge in [-0.25, -0.2) is 4.98 Å². The molecule has 0 aromatic carbocycles. The molecule has 3 heterocycles. The van der Waals surface area contributed by atoms with Gasteiger partial charge in [0.2, 0.25) is 5.95 Å². The van der Waals surface area contributed by atoms with Crippen LogP contribution in [-0.2, 0) is 13.5 Å². The predicted octanol–water partition coefficient (Wildman–Crippen LogP) is 1.58. The van der Waals surface area contributed by atoms with Crippen molar-refractivity contribution in [2.75, 3.05) is 11.9 Å². The lowest BCUT2D eigenvalue weighted by Crippen LogP contribution is -2.24. The number of anilines is 1. The summed E-state index contributed by atoms with van der Waals surface area (Å²) in [4.78, 5) is 4.58. The Morgan fingerprint density at radius 2 is 2.41 bits per heavy atom. The zero-order valence-corrected chi connectivity index (χ0v) is 10.2. The second-order valence-electron chi connectivity index (χ2n) is 4.43. The van der Waals surface area contributed by atoms with Crippen LogP contribution in [0.2, 0.25) is 0 Å². The van der Waals surface area contributed by atoms with Crippen molar-refractivity contribution in [3.63, 3.8) is 0 Å². The molecule has 3 rings (SSSR count). The average Bonchev–Trinajstić information content (AvgIpc) is 2.93. The Balaban J connectivity index is 2.04. The second-order valence-corrected chi connectivity index (χ2v) is 4.43. The van der Waals surface area contributed by atoms with Crippen molar-refractivity contribution in [3.05, 3.63) is 29.8 Å². The van der Waals surface area contributed by atoms with Gasteiger partial charge in [0, 0.05) is 26.0 Å². The Hall–Kier alpha value is -1.78. The van der Waals surface area contributed by atoms with E-state index < -0.39 is 0 Å². The number of rotatable bonds is 2. The van der Waals surface area contributed by atoms with Crippen LogP contribution < -0.4 is 5.32 Å². The number of nitrogens with zero attached hydrogens (tertiary/aromatic N) is 4. The number of hydrogen-bond acceptors (Lipinski definition) is 3. The summed E-state index contributed by atoms with van der Waals surface area (Å²) < 4.78 is 4.19. The molecule has 1 aliphatic heterocycles. The summed E-state index contributed by atoms with van der Waals surface area (Å²) in [6, 6.07) is 2.44. The molecular weight excluding hydrogens is 214 g/mol. The molecule has 5 heteroatoms. The highest BCUT2D eigenvalue weighted by molar-refractivity contribution is 5.34. The van der Waals surface area contributed by atoms with Gasteiger partial charge in [0.15, 0.2) is 0 Å². The van der Waals surface area contributed by atoms with Crippen LogP contribution in [0, 0.1) is 0 Å². The fraction of sp³-hybridized carbons (Fsp3) is 0.500. The third kappa shape index (κ3) is 1.62. The number of nitrogens with one attached hydrogen (secondary N) is 1. The van der Waals surface area contributed by atoms with Crippen LogP contribution in [0.4, 0.5) is 5.95 Å². The summed E-state index contributed by atoms with van der Waals surface area (Å²) in [5.41, 5.74) is 2.38. The van der Waals surface area contributed by atoms with Gasteiger partial charge in [0.1, 0.15) is 0 Å². The summed E-state index contributed by atoms with van der Waals surface area (Å²) in [5, 5.41) is 7.61. The molecule has 1 unspecified atom stereocenters. The van der Waals surface area contributed by atoms with Crippen LogP contribution in [0.1, 0.15) is 30.8 Å². The molecule has 1 N–H and O–H groups in total. The van der Waals surface area contributed by atoms with E-state index in [9.17, 15) is 0 Å². The minimum absolute atomic E-state index is 0.353. The Kier molecular flexibility index (Phi) is 2.39. The Morgan fingerprint density at radius 3 is 3.12 bits per heavy atom. The Morgan fingerprint density at radius 1 is 1.53 bits per heavy atom. The molecule has 1 atom stereocenters. The third-order valence-corrected chi connectivity index (χ3v) is 3.38. The van der Waals surface area contributed by atoms with E-state index in [-0.39, 0.29) is 0 Å². The summed E-state index contributed by atoms with van der Waals surface area (Å²) in [6.07, 6.45) is 6.06. The van der Waals surface area contributed by atoms with Crippen LogP contribution in [0.3, 0.4) is 0 Å². The zero-order chi connectivity index (χ0) is 11.8. The molecule has 0 bridgehead atoms. The highest BCUT2D eigenvalue weighted by atomic mass is 15.3. The van der Waals surface area contributed by atoms with Gasteiger partial charge in [-0.2, -0.15) is 5.10 Å². The van der Waals surface area contributed by atoms with Gasteiger partial charge in [-0.3, -0.25) is 4.68 Å².